The Bertz CT molecular complexity index is 960. The van der Waals surface area contributed by atoms with E-state index < -0.39 is 0 Å². The smallest absolute Gasteiger partial charge is 0.322 e. The predicted octanol–water partition coefficient (Wildman–Crippen LogP) is 5.08. The topological polar surface area (TPSA) is 37.3 Å². The number of anilines is 1. The molecule has 4 rings (SSSR count). The van der Waals surface area contributed by atoms with Gasteiger partial charge in [0, 0.05) is 48.7 Å². The molecule has 25 heavy (non-hydrogen) atoms. The minimum atomic E-state index is -0.186. The third kappa shape index (κ3) is 2.75. The van der Waals surface area contributed by atoms with Crippen LogP contribution in [0.1, 0.15) is 11.3 Å². The lowest BCUT2D eigenvalue weighted by Gasteiger charge is -2.28. The van der Waals surface area contributed by atoms with E-state index in [4.69, 9.17) is 23.2 Å². The minimum absolute atomic E-state index is 0.186. The van der Waals surface area contributed by atoms with Crippen LogP contribution in [-0.2, 0) is 20.0 Å². The highest BCUT2D eigenvalue weighted by molar-refractivity contribution is 6.39. The fraction of sp³-hybridized carbons (Fsp3) is 0.211. The zero-order chi connectivity index (χ0) is 17.6. The Morgan fingerprint density at radius 2 is 1.80 bits per heavy atom. The number of aryl methyl sites for hydroxylation is 1. The van der Waals surface area contributed by atoms with Crippen LogP contribution in [0.4, 0.5) is 10.5 Å². The monoisotopic (exact) mass is 373 g/mol. The normalized spacial score (nSPS) is 13.8. The number of para-hydroxylation sites is 2. The maximum absolute atomic E-state index is 12.7. The van der Waals surface area contributed by atoms with Crippen LogP contribution in [0.25, 0.3) is 10.9 Å². The zero-order valence-electron chi connectivity index (χ0n) is 13.7. The van der Waals surface area contributed by atoms with Crippen LogP contribution in [-0.4, -0.2) is 22.0 Å². The molecule has 0 atom stereocenters. The molecular formula is C19H17Cl2N3O. The Balaban J connectivity index is 1.62. The van der Waals surface area contributed by atoms with Crippen molar-refractivity contribution in [3.8, 4) is 0 Å². The molecule has 0 saturated heterocycles. The van der Waals surface area contributed by atoms with E-state index in [2.05, 4.69) is 29.1 Å². The van der Waals surface area contributed by atoms with Crippen molar-refractivity contribution in [2.45, 2.75) is 13.0 Å². The molecule has 2 heterocycles. The Hall–Kier alpha value is -2.17. The summed E-state index contributed by atoms with van der Waals surface area (Å²) >= 11 is 12.3. The average Bonchev–Trinajstić information content (AvgIpc) is 2.91. The van der Waals surface area contributed by atoms with Gasteiger partial charge in [0.1, 0.15) is 0 Å². The molecule has 0 fully saturated rings. The first-order valence-corrected chi connectivity index (χ1v) is 8.87. The zero-order valence-corrected chi connectivity index (χ0v) is 15.2. The van der Waals surface area contributed by atoms with E-state index >= 15 is 0 Å². The number of amides is 2. The van der Waals surface area contributed by atoms with Gasteiger partial charge in [-0.05, 0) is 18.2 Å². The van der Waals surface area contributed by atoms with Crippen LogP contribution in [0.15, 0.2) is 42.5 Å². The second-order valence-electron chi connectivity index (χ2n) is 6.20. The van der Waals surface area contributed by atoms with Crippen LogP contribution in [0, 0.1) is 0 Å². The molecule has 2 amide bonds. The summed E-state index contributed by atoms with van der Waals surface area (Å²) in [5.74, 6) is 0. The van der Waals surface area contributed by atoms with Crippen LogP contribution in [0.2, 0.25) is 10.0 Å². The predicted molar refractivity (Wildman–Crippen MR) is 103 cm³/mol. The van der Waals surface area contributed by atoms with Gasteiger partial charge in [-0.3, -0.25) is 0 Å². The maximum atomic E-state index is 12.7. The van der Waals surface area contributed by atoms with Gasteiger partial charge < -0.3 is 14.8 Å². The van der Waals surface area contributed by atoms with Crippen molar-refractivity contribution in [1.29, 1.82) is 0 Å². The Labute approximate surface area is 155 Å². The van der Waals surface area contributed by atoms with E-state index in [0.717, 1.165) is 6.42 Å². The number of nitrogens with zero attached hydrogens (tertiary/aromatic N) is 2. The molecule has 4 nitrogen and oxygen atoms in total. The van der Waals surface area contributed by atoms with Gasteiger partial charge in [0.05, 0.1) is 15.7 Å². The SMILES string of the molecule is Cn1c2c(c3ccccc31)CN(C(=O)Nc1c(Cl)cccc1Cl)CC2. The molecule has 1 aliphatic rings. The summed E-state index contributed by atoms with van der Waals surface area (Å²) in [4.78, 5) is 14.5. The molecule has 0 radical (unpaired) electrons. The fourth-order valence-electron chi connectivity index (χ4n) is 3.51. The van der Waals surface area contributed by atoms with Gasteiger partial charge >= 0.3 is 6.03 Å². The number of hydrogen-bond acceptors (Lipinski definition) is 1. The Kier molecular flexibility index (Phi) is 4.10. The second-order valence-corrected chi connectivity index (χ2v) is 7.01. The molecule has 1 aliphatic heterocycles. The summed E-state index contributed by atoms with van der Waals surface area (Å²) in [5, 5.41) is 4.92. The number of hydrogen-bond donors (Lipinski definition) is 1. The Morgan fingerprint density at radius 3 is 2.56 bits per heavy atom. The molecule has 0 saturated carbocycles. The van der Waals surface area contributed by atoms with Crippen molar-refractivity contribution in [1.82, 2.24) is 9.47 Å². The van der Waals surface area contributed by atoms with Crippen molar-refractivity contribution < 1.29 is 4.79 Å². The van der Waals surface area contributed by atoms with Gasteiger partial charge in [-0.15, -0.1) is 0 Å². The first-order chi connectivity index (χ1) is 12.1. The van der Waals surface area contributed by atoms with Gasteiger partial charge in [-0.25, -0.2) is 4.79 Å². The molecule has 1 N–H and O–H groups in total. The van der Waals surface area contributed by atoms with Gasteiger partial charge in [0.15, 0.2) is 0 Å². The van der Waals surface area contributed by atoms with Crippen molar-refractivity contribution in [3.05, 3.63) is 63.8 Å². The minimum Gasteiger partial charge on any atom is -0.347 e. The van der Waals surface area contributed by atoms with Crippen molar-refractivity contribution in [2.24, 2.45) is 7.05 Å². The van der Waals surface area contributed by atoms with Gasteiger partial charge in [0.2, 0.25) is 0 Å². The fourth-order valence-corrected chi connectivity index (χ4v) is 4.00. The molecule has 0 aliphatic carbocycles. The van der Waals surface area contributed by atoms with E-state index in [-0.39, 0.29) is 6.03 Å². The lowest BCUT2D eigenvalue weighted by Crippen LogP contribution is -2.39. The number of carbonyl (C=O) groups is 1. The highest BCUT2D eigenvalue weighted by Gasteiger charge is 2.26. The summed E-state index contributed by atoms with van der Waals surface area (Å²) < 4.78 is 2.23. The van der Waals surface area contributed by atoms with E-state index in [1.165, 1.54) is 22.2 Å². The first kappa shape index (κ1) is 16.3. The standard InChI is InChI=1S/C19H17Cl2N3O/c1-23-16-8-3-2-5-12(16)13-11-24(10-9-17(13)23)19(25)22-18-14(20)6-4-7-15(18)21/h2-8H,9-11H2,1H3,(H,22,25). The van der Waals surface area contributed by atoms with Crippen molar-refractivity contribution >= 4 is 45.8 Å². The molecule has 2 aromatic carbocycles. The highest BCUT2D eigenvalue weighted by atomic mass is 35.5. The molecule has 128 valence electrons. The molecule has 0 unspecified atom stereocenters. The van der Waals surface area contributed by atoms with Crippen molar-refractivity contribution in [3.63, 3.8) is 0 Å². The number of aromatic nitrogens is 1. The Morgan fingerprint density at radius 1 is 1.08 bits per heavy atom. The van der Waals surface area contributed by atoms with E-state index in [1.807, 2.05) is 12.1 Å². The largest absolute Gasteiger partial charge is 0.347 e. The van der Waals surface area contributed by atoms with Gasteiger partial charge in [-0.1, -0.05) is 47.5 Å². The van der Waals surface area contributed by atoms with Crippen LogP contribution < -0.4 is 5.32 Å². The third-order valence-corrected chi connectivity index (χ3v) is 5.42. The van der Waals surface area contributed by atoms with Crippen LogP contribution in [0.5, 0.6) is 0 Å². The van der Waals surface area contributed by atoms with Gasteiger partial charge in [0.25, 0.3) is 0 Å². The summed E-state index contributed by atoms with van der Waals surface area (Å²) in [6.45, 7) is 1.23. The molecule has 1 aromatic heterocycles. The molecule has 6 heteroatoms. The number of nitrogens with one attached hydrogen (secondary N) is 1. The number of urea groups is 1. The molecule has 3 aromatic rings. The second kappa shape index (κ2) is 6.28. The third-order valence-electron chi connectivity index (χ3n) is 4.79. The van der Waals surface area contributed by atoms with Crippen LogP contribution >= 0.6 is 23.2 Å². The summed E-state index contributed by atoms with van der Waals surface area (Å²) in [6, 6.07) is 13.3. The van der Waals surface area contributed by atoms with E-state index in [1.54, 1.807) is 23.1 Å². The van der Waals surface area contributed by atoms with E-state index in [9.17, 15) is 4.79 Å². The number of fused-ring (bicyclic) bond motifs is 3. The highest BCUT2D eigenvalue weighted by Crippen LogP contribution is 2.32. The summed E-state index contributed by atoms with van der Waals surface area (Å²) in [6.07, 6.45) is 0.824. The summed E-state index contributed by atoms with van der Waals surface area (Å²) in [5.41, 5.74) is 4.16. The molecule has 0 bridgehead atoms. The number of carbonyl (C=O) groups excluding carboxylic acids is 1. The van der Waals surface area contributed by atoms with Crippen LogP contribution in [0.3, 0.4) is 0 Å². The number of rotatable bonds is 1. The lowest BCUT2D eigenvalue weighted by atomic mass is 10.0. The maximum Gasteiger partial charge on any atom is 0.322 e. The number of halogens is 2. The number of benzene rings is 2. The lowest BCUT2D eigenvalue weighted by molar-refractivity contribution is 0.206. The van der Waals surface area contributed by atoms with E-state index in [0.29, 0.717) is 28.8 Å². The molecule has 0 spiro atoms. The van der Waals surface area contributed by atoms with Crippen molar-refractivity contribution in [2.75, 3.05) is 11.9 Å². The first-order valence-electron chi connectivity index (χ1n) is 8.11. The summed E-state index contributed by atoms with van der Waals surface area (Å²) in [7, 11) is 2.08. The molecular weight excluding hydrogens is 357 g/mol. The average molecular weight is 374 g/mol. The van der Waals surface area contributed by atoms with Gasteiger partial charge in [-0.2, -0.15) is 0 Å². The quantitative estimate of drug-likeness (QED) is 0.634.